The summed E-state index contributed by atoms with van der Waals surface area (Å²) in [6.45, 7) is 4.73. The minimum Gasteiger partial charge on any atom is -0.492 e. The maximum Gasteiger partial charge on any atom is 0.137 e. The number of nitrogens with zero attached hydrogens (tertiary/aromatic N) is 1. The second-order valence-corrected chi connectivity index (χ2v) is 3.57. The topological polar surface area (TPSA) is 33.0 Å². The second-order valence-electron chi connectivity index (χ2n) is 3.57. The highest BCUT2D eigenvalue weighted by atomic mass is 16.5. The summed E-state index contributed by atoms with van der Waals surface area (Å²) in [5, 5.41) is 8.82. The van der Waals surface area contributed by atoms with Crippen molar-refractivity contribution in [2.75, 3.05) is 6.61 Å². The van der Waals surface area contributed by atoms with E-state index in [1.807, 2.05) is 0 Å². The Kier molecular flexibility index (Phi) is 3.59. The van der Waals surface area contributed by atoms with Gasteiger partial charge >= 0.3 is 0 Å². The summed E-state index contributed by atoms with van der Waals surface area (Å²) in [5.74, 6) is 1.05. The van der Waals surface area contributed by atoms with Gasteiger partial charge in [-0.2, -0.15) is 5.26 Å². The van der Waals surface area contributed by atoms with Crippen molar-refractivity contribution in [3.8, 4) is 11.8 Å². The number of hydrogen-bond acceptors (Lipinski definition) is 2. The SMILES string of the molecule is [B]c1ccc(OCC(C)C)c(C#N)c1. The first-order chi connectivity index (χ1) is 6.63. The van der Waals surface area contributed by atoms with Gasteiger partial charge in [0.05, 0.1) is 12.2 Å². The van der Waals surface area contributed by atoms with Gasteiger partial charge in [-0.1, -0.05) is 25.4 Å². The van der Waals surface area contributed by atoms with Crippen LogP contribution in [0.2, 0.25) is 0 Å². The Morgan fingerprint density at radius 1 is 1.50 bits per heavy atom. The normalized spacial score (nSPS) is 9.86. The Balaban J connectivity index is 2.82. The van der Waals surface area contributed by atoms with Gasteiger partial charge < -0.3 is 4.74 Å². The lowest BCUT2D eigenvalue weighted by molar-refractivity contribution is 0.270. The lowest BCUT2D eigenvalue weighted by atomic mass is 9.94. The molecule has 0 atom stereocenters. The van der Waals surface area contributed by atoms with Crippen molar-refractivity contribution in [2.24, 2.45) is 5.92 Å². The predicted molar refractivity (Wildman–Crippen MR) is 56.9 cm³/mol. The van der Waals surface area contributed by atoms with Gasteiger partial charge in [0.25, 0.3) is 0 Å². The van der Waals surface area contributed by atoms with Gasteiger partial charge in [-0.05, 0) is 18.1 Å². The van der Waals surface area contributed by atoms with Crippen molar-refractivity contribution in [1.29, 1.82) is 5.26 Å². The first-order valence-corrected chi connectivity index (χ1v) is 4.56. The summed E-state index contributed by atoms with van der Waals surface area (Å²) < 4.78 is 5.47. The van der Waals surface area contributed by atoms with E-state index >= 15 is 0 Å². The first-order valence-electron chi connectivity index (χ1n) is 4.56. The van der Waals surface area contributed by atoms with Gasteiger partial charge in [-0.3, -0.25) is 0 Å². The van der Waals surface area contributed by atoms with Crippen molar-refractivity contribution >= 4 is 13.3 Å². The molecule has 0 saturated carbocycles. The average Bonchev–Trinajstić information content (AvgIpc) is 2.15. The zero-order chi connectivity index (χ0) is 10.6. The number of nitriles is 1. The lowest BCUT2D eigenvalue weighted by Gasteiger charge is -2.10. The number of hydrogen-bond donors (Lipinski definition) is 0. The first kappa shape index (κ1) is 10.7. The van der Waals surface area contributed by atoms with E-state index in [-0.39, 0.29) is 0 Å². The van der Waals surface area contributed by atoms with E-state index in [1.54, 1.807) is 18.2 Å². The van der Waals surface area contributed by atoms with Crippen LogP contribution in [0.5, 0.6) is 5.75 Å². The smallest absolute Gasteiger partial charge is 0.137 e. The van der Waals surface area contributed by atoms with Crippen LogP contribution in [0.3, 0.4) is 0 Å². The maximum absolute atomic E-state index is 8.82. The zero-order valence-electron chi connectivity index (χ0n) is 8.45. The Morgan fingerprint density at radius 3 is 2.79 bits per heavy atom. The van der Waals surface area contributed by atoms with Crippen molar-refractivity contribution in [3.05, 3.63) is 23.8 Å². The van der Waals surface area contributed by atoms with E-state index in [1.165, 1.54) is 0 Å². The van der Waals surface area contributed by atoms with Crippen molar-refractivity contribution < 1.29 is 4.74 Å². The molecule has 0 saturated heterocycles. The van der Waals surface area contributed by atoms with E-state index in [2.05, 4.69) is 19.9 Å². The predicted octanol–water partition coefficient (Wildman–Crippen LogP) is 1.39. The highest BCUT2D eigenvalue weighted by Gasteiger charge is 2.03. The van der Waals surface area contributed by atoms with Crippen molar-refractivity contribution in [1.82, 2.24) is 0 Å². The Morgan fingerprint density at radius 2 is 2.21 bits per heavy atom. The van der Waals surface area contributed by atoms with Gasteiger partial charge in [-0.15, -0.1) is 0 Å². The van der Waals surface area contributed by atoms with Crippen LogP contribution in [-0.4, -0.2) is 14.5 Å². The Bertz CT molecular complexity index is 355. The van der Waals surface area contributed by atoms with E-state index < -0.39 is 0 Å². The standard InChI is InChI=1S/C11H12BNO/c1-8(2)7-14-11-4-3-10(12)5-9(11)6-13/h3-5,8H,7H2,1-2H3. The molecule has 2 nitrogen and oxygen atoms in total. The van der Waals surface area contributed by atoms with Crippen LogP contribution in [0.4, 0.5) is 0 Å². The fraction of sp³-hybridized carbons (Fsp3) is 0.364. The summed E-state index contributed by atoms with van der Waals surface area (Å²) in [7, 11) is 5.55. The molecule has 1 rings (SSSR count). The number of ether oxygens (including phenoxy) is 1. The minimum atomic E-state index is 0.444. The summed E-state index contributed by atoms with van der Waals surface area (Å²) in [5.41, 5.74) is 1.07. The zero-order valence-corrected chi connectivity index (χ0v) is 8.45. The molecule has 0 aliphatic heterocycles. The van der Waals surface area contributed by atoms with E-state index in [4.69, 9.17) is 17.8 Å². The molecule has 2 radical (unpaired) electrons. The van der Waals surface area contributed by atoms with Crippen LogP contribution in [0.15, 0.2) is 18.2 Å². The van der Waals surface area contributed by atoms with E-state index in [0.29, 0.717) is 29.3 Å². The highest BCUT2D eigenvalue weighted by Crippen LogP contribution is 2.16. The summed E-state index contributed by atoms with van der Waals surface area (Å²) in [6, 6.07) is 7.14. The van der Waals surface area contributed by atoms with Crippen LogP contribution < -0.4 is 10.2 Å². The largest absolute Gasteiger partial charge is 0.492 e. The third-order valence-electron chi connectivity index (χ3n) is 1.70. The second kappa shape index (κ2) is 4.71. The molecule has 3 heteroatoms. The quantitative estimate of drug-likeness (QED) is 0.666. The van der Waals surface area contributed by atoms with Crippen molar-refractivity contribution in [3.63, 3.8) is 0 Å². The van der Waals surface area contributed by atoms with Gasteiger partial charge in [0.1, 0.15) is 19.7 Å². The molecule has 70 valence electrons. The molecule has 14 heavy (non-hydrogen) atoms. The van der Waals surface area contributed by atoms with Gasteiger partial charge in [0.2, 0.25) is 0 Å². The number of rotatable bonds is 3. The monoisotopic (exact) mass is 185 g/mol. The molecule has 0 bridgehead atoms. The fourth-order valence-corrected chi connectivity index (χ4v) is 1.02. The minimum absolute atomic E-state index is 0.444. The summed E-state index contributed by atoms with van der Waals surface area (Å²) >= 11 is 0. The Hall–Kier alpha value is -1.43. The summed E-state index contributed by atoms with van der Waals surface area (Å²) in [6.07, 6.45) is 0. The molecule has 0 heterocycles. The molecule has 0 unspecified atom stereocenters. The van der Waals surface area contributed by atoms with Crippen molar-refractivity contribution in [2.45, 2.75) is 13.8 Å². The average molecular weight is 185 g/mol. The van der Waals surface area contributed by atoms with Crippen LogP contribution in [0, 0.1) is 17.2 Å². The Labute approximate surface area is 85.9 Å². The number of benzene rings is 1. The molecule has 0 aromatic heterocycles. The summed E-state index contributed by atoms with van der Waals surface area (Å²) in [4.78, 5) is 0. The third kappa shape index (κ3) is 2.81. The molecule has 0 fully saturated rings. The van der Waals surface area contributed by atoms with Gasteiger partial charge in [0, 0.05) is 0 Å². The molecule has 0 N–H and O–H groups in total. The molecular formula is C11H12BNO. The fourth-order valence-electron chi connectivity index (χ4n) is 1.02. The van der Waals surface area contributed by atoms with Gasteiger partial charge in [-0.25, -0.2) is 0 Å². The molecule has 0 spiro atoms. The van der Waals surface area contributed by atoms with Crippen LogP contribution in [0.25, 0.3) is 0 Å². The molecular weight excluding hydrogens is 173 g/mol. The molecule has 0 aliphatic carbocycles. The van der Waals surface area contributed by atoms with E-state index in [0.717, 1.165) is 0 Å². The van der Waals surface area contributed by atoms with Gasteiger partial charge in [0.15, 0.2) is 0 Å². The molecule has 1 aromatic rings. The van der Waals surface area contributed by atoms with Crippen LogP contribution >= 0.6 is 0 Å². The van der Waals surface area contributed by atoms with Crippen LogP contribution in [-0.2, 0) is 0 Å². The molecule has 0 amide bonds. The molecule has 1 aromatic carbocycles. The third-order valence-corrected chi connectivity index (χ3v) is 1.70. The van der Waals surface area contributed by atoms with E-state index in [9.17, 15) is 0 Å². The molecule has 0 aliphatic rings. The van der Waals surface area contributed by atoms with Crippen LogP contribution in [0.1, 0.15) is 19.4 Å². The lowest BCUT2D eigenvalue weighted by Crippen LogP contribution is -2.08. The maximum atomic E-state index is 8.82. The highest BCUT2D eigenvalue weighted by molar-refractivity contribution is 6.32.